The van der Waals surface area contributed by atoms with Crippen molar-refractivity contribution in [1.29, 1.82) is 0 Å². The highest BCUT2D eigenvalue weighted by Gasteiger charge is 2.27. The van der Waals surface area contributed by atoms with Crippen LogP contribution in [0, 0.1) is 12.3 Å². The van der Waals surface area contributed by atoms with Crippen LogP contribution in [0.5, 0.6) is 0 Å². The minimum Gasteiger partial charge on any atom is -0.371 e. The fourth-order valence-electron chi connectivity index (χ4n) is 0.687. The van der Waals surface area contributed by atoms with Gasteiger partial charge in [0.1, 0.15) is 11.7 Å². The Labute approximate surface area is 67.9 Å². The van der Waals surface area contributed by atoms with Crippen LogP contribution in [0.25, 0.3) is 0 Å². The predicted molar refractivity (Wildman–Crippen MR) is 43.2 cm³/mol. The second kappa shape index (κ2) is 3.25. The lowest BCUT2D eigenvalue weighted by molar-refractivity contribution is 0.00232. The molecule has 0 N–H and O–H groups in total. The normalized spacial score (nSPS) is 27.2. The zero-order chi connectivity index (χ0) is 8.32. The molecule has 2 heteroatoms. The van der Waals surface area contributed by atoms with Gasteiger partial charge in [-0.15, -0.1) is 6.42 Å². The Morgan fingerprint density at radius 2 is 2.45 bits per heavy atom. The van der Waals surface area contributed by atoms with E-state index in [2.05, 4.69) is 5.92 Å². The Balaban J connectivity index is 2.25. The summed E-state index contributed by atoms with van der Waals surface area (Å²) in [6.07, 6.45) is 6.45. The lowest BCUT2D eigenvalue weighted by Gasteiger charge is -2.21. The molecule has 0 amide bonds. The highest BCUT2D eigenvalue weighted by molar-refractivity contribution is 5.05. The first-order valence-electron chi connectivity index (χ1n) is 3.93. The van der Waals surface area contributed by atoms with Gasteiger partial charge in [0.05, 0.1) is 13.2 Å². The predicted octanol–water partition coefficient (Wildman–Crippen LogP) is 1.20. The molecule has 2 atom stereocenters. The molecule has 0 aromatic heterocycles. The summed E-state index contributed by atoms with van der Waals surface area (Å²) >= 11 is 0. The first kappa shape index (κ1) is 8.58. The second-order valence-electron chi connectivity index (χ2n) is 3.00. The van der Waals surface area contributed by atoms with E-state index >= 15 is 0 Å². The largest absolute Gasteiger partial charge is 0.371 e. The van der Waals surface area contributed by atoms with Crippen LogP contribution in [-0.2, 0) is 9.47 Å². The Kier molecular flexibility index (Phi) is 2.53. The SMILES string of the molecule is C#C[C@@](C)(CC)OCC1CO1. The average molecular weight is 154 g/mol. The van der Waals surface area contributed by atoms with E-state index in [1.54, 1.807) is 0 Å². The van der Waals surface area contributed by atoms with Crippen molar-refractivity contribution in [3.8, 4) is 12.3 Å². The van der Waals surface area contributed by atoms with E-state index in [1.165, 1.54) is 0 Å². The van der Waals surface area contributed by atoms with Crippen LogP contribution in [0.4, 0.5) is 0 Å². The van der Waals surface area contributed by atoms with Gasteiger partial charge >= 0.3 is 0 Å². The van der Waals surface area contributed by atoms with Gasteiger partial charge in [-0.3, -0.25) is 0 Å². The van der Waals surface area contributed by atoms with Crippen molar-refractivity contribution in [2.45, 2.75) is 32.0 Å². The number of epoxide rings is 1. The highest BCUT2D eigenvalue weighted by atomic mass is 16.6. The van der Waals surface area contributed by atoms with Gasteiger partial charge in [0, 0.05) is 0 Å². The monoisotopic (exact) mass is 154 g/mol. The van der Waals surface area contributed by atoms with Crippen molar-refractivity contribution in [3.63, 3.8) is 0 Å². The quantitative estimate of drug-likeness (QED) is 0.448. The zero-order valence-corrected chi connectivity index (χ0v) is 7.09. The molecule has 1 heterocycles. The minimum absolute atomic E-state index is 0.300. The van der Waals surface area contributed by atoms with E-state index in [0.29, 0.717) is 12.7 Å². The van der Waals surface area contributed by atoms with Crippen LogP contribution in [0.15, 0.2) is 0 Å². The fourth-order valence-corrected chi connectivity index (χ4v) is 0.687. The molecule has 1 aliphatic heterocycles. The summed E-state index contributed by atoms with van der Waals surface area (Å²) in [6, 6.07) is 0. The molecule has 2 nitrogen and oxygen atoms in total. The molecule has 1 aliphatic rings. The lowest BCUT2D eigenvalue weighted by Crippen LogP contribution is -2.27. The van der Waals surface area contributed by atoms with Crippen molar-refractivity contribution >= 4 is 0 Å². The zero-order valence-electron chi connectivity index (χ0n) is 7.09. The number of hydrogen-bond acceptors (Lipinski definition) is 2. The molecular weight excluding hydrogens is 140 g/mol. The van der Waals surface area contributed by atoms with Gasteiger partial charge in [-0.25, -0.2) is 0 Å². The summed E-state index contributed by atoms with van der Waals surface area (Å²) in [5.74, 6) is 2.63. The van der Waals surface area contributed by atoms with Crippen LogP contribution in [0.3, 0.4) is 0 Å². The molecule has 0 radical (unpaired) electrons. The van der Waals surface area contributed by atoms with Crippen LogP contribution in [0.1, 0.15) is 20.3 Å². The third-order valence-electron chi connectivity index (χ3n) is 1.97. The van der Waals surface area contributed by atoms with Gasteiger partial charge in [-0.2, -0.15) is 0 Å². The van der Waals surface area contributed by atoms with Gasteiger partial charge in [0.2, 0.25) is 0 Å². The molecule has 0 aliphatic carbocycles. The number of hydrogen-bond donors (Lipinski definition) is 0. The maximum Gasteiger partial charge on any atom is 0.125 e. The van der Waals surface area contributed by atoms with Gasteiger partial charge in [0.25, 0.3) is 0 Å². The fraction of sp³-hybridized carbons (Fsp3) is 0.778. The molecule has 1 saturated heterocycles. The summed E-state index contributed by atoms with van der Waals surface area (Å²) < 4.78 is 10.5. The van der Waals surface area contributed by atoms with Crippen molar-refractivity contribution in [2.75, 3.05) is 13.2 Å². The van der Waals surface area contributed by atoms with Gasteiger partial charge in [-0.05, 0) is 13.3 Å². The molecule has 1 rings (SSSR count). The molecule has 1 fully saturated rings. The van der Waals surface area contributed by atoms with Crippen LogP contribution < -0.4 is 0 Å². The third kappa shape index (κ3) is 2.53. The molecule has 0 spiro atoms. The molecule has 0 aromatic rings. The van der Waals surface area contributed by atoms with Gasteiger partial charge < -0.3 is 9.47 Å². The molecule has 0 aromatic carbocycles. The van der Waals surface area contributed by atoms with Crippen molar-refractivity contribution in [3.05, 3.63) is 0 Å². The molecule has 0 saturated carbocycles. The lowest BCUT2D eigenvalue weighted by atomic mass is 10.1. The summed E-state index contributed by atoms with van der Waals surface area (Å²) in [6.45, 7) is 5.40. The molecular formula is C9H14O2. The maximum atomic E-state index is 5.49. The molecule has 62 valence electrons. The van der Waals surface area contributed by atoms with E-state index in [9.17, 15) is 0 Å². The van der Waals surface area contributed by atoms with Crippen molar-refractivity contribution < 1.29 is 9.47 Å². The Hall–Kier alpha value is -0.520. The van der Waals surface area contributed by atoms with Gasteiger partial charge in [0.15, 0.2) is 0 Å². The Bertz CT molecular complexity index is 167. The number of ether oxygens (including phenoxy) is 2. The van der Waals surface area contributed by atoms with E-state index in [0.717, 1.165) is 13.0 Å². The molecule has 0 bridgehead atoms. The second-order valence-corrected chi connectivity index (χ2v) is 3.00. The minimum atomic E-state index is -0.397. The molecule has 11 heavy (non-hydrogen) atoms. The van der Waals surface area contributed by atoms with E-state index in [4.69, 9.17) is 15.9 Å². The Morgan fingerprint density at radius 3 is 2.82 bits per heavy atom. The van der Waals surface area contributed by atoms with Crippen LogP contribution >= 0.6 is 0 Å². The van der Waals surface area contributed by atoms with Crippen molar-refractivity contribution in [2.24, 2.45) is 0 Å². The van der Waals surface area contributed by atoms with Crippen LogP contribution in [0.2, 0.25) is 0 Å². The topological polar surface area (TPSA) is 21.8 Å². The Morgan fingerprint density at radius 1 is 1.82 bits per heavy atom. The number of rotatable bonds is 4. The standard InChI is InChI=1S/C9H14O2/c1-4-9(3,5-2)11-7-8-6-10-8/h1,8H,5-7H2,2-3H3/t8?,9-/m0/s1. The first-order valence-corrected chi connectivity index (χ1v) is 3.93. The molecule has 1 unspecified atom stereocenters. The number of terminal acetylenes is 1. The average Bonchev–Trinajstić information content (AvgIpc) is 2.83. The maximum absolute atomic E-state index is 5.49. The summed E-state index contributed by atoms with van der Waals surface area (Å²) in [5, 5.41) is 0. The van der Waals surface area contributed by atoms with Crippen LogP contribution in [-0.4, -0.2) is 24.9 Å². The van der Waals surface area contributed by atoms with Gasteiger partial charge in [-0.1, -0.05) is 12.8 Å². The van der Waals surface area contributed by atoms with E-state index in [-0.39, 0.29) is 0 Å². The van der Waals surface area contributed by atoms with E-state index < -0.39 is 5.60 Å². The smallest absolute Gasteiger partial charge is 0.125 e. The summed E-state index contributed by atoms with van der Waals surface area (Å²) in [7, 11) is 0. The summed E-state index contributed by atoms with van der Waals surface area (Å²) in [4.78, 5) is 0. The third-order valence-corrected chi connectivity index (χ3v) is 1.97. The summed E-state index contributed by atoms with van der Waals surface area (Å²) in [5.41, 5.74) is -0.397. The van der Waals surface area contributed by atoms with Crippen molar-refractivity contribution in [1.82, 2.24) is 0 Å². The van der Waals surface area contributed by atoms with E-state index in [1.807, 2.05) is 13.8 Å². The first-order chi connectivity index (χ1) is 5.20. The highest BCUT2D eigenvalue weighted by Crippen LogP contribution is 2.17.